The molecule has 0 saturated carbocycles. The van der Waals surface area contributed by atoms with Crippen LogP contribution in [0.4, 0.5) is 0 Å². The quantitative estimate of drug-likeness (QED) is 0.0291. The van der Waals surface area contributed by atoms with Gasteiger partial charge in [-0.15, -0.1) is 0 Å². The monoisotopic (exact) mass is 708 g/mol. The average molecular weight is 709 g/mol. The third kappa shape index (κ3) is 12.7. The normalized spacial score (nSPS) is 32.1. The Morgan fingerprint density at radius 1 is 0.723 bits per heavy atom. The number of likely N-dealkylation sites (N-methyl/N-ethyl adjacent to an activating group) is 2. The molecular weight excluding hydrogens is 660 g/mol. The van der Waals surface area contributed by atoms with Crippen LogP contribution in [0, 0.1) is 0 Å². The van der Waals surface area contributed by atoms with Gasteiger partial charge in [0.15, 0.2) is 31.1 Å². The number of hydrogen-bond acceptors (Lipinski definition) is 15. The summed E-state index contributed by atoms with van der Waals surface area (Å²) in [6.45, 7) is 0.435. The molecule has 2 fully saturated rings. The van der Waals surface area contributed by atoms with Crippen LogP contribution in [0.25, 0.3) is 0 Å². The van der Waals surface area contributed by atoms with E-state index < -0.39 is 95.1 Å². The highest BCUT2D eigenvalue weighted by Crippen LogP contribution is 2.27. The lowest BCUT2D eigenvalue weighted by molar-refractivity contribution is -0.889. The largest absolute Gasteiger partial charge is 0.477 e. The number of nitrogens with one attached hydrogen (secondary N) is 2. The molecule has 0 radical (unpaired) electrons. The van der Waals surface area contributed by atoms with Crippen molar-refractivity contribution in [2.24, 2.45) is 0 Å². The number of quaternary nitrogens is 2. The number of carbonyl (C=O) groups excluding carboxylic acids is 2. The number of carboxylic acids is 1. The standard InChI is InChI=1S/C25H46N4O17S/c1-28(2,8-5-11-47(40,41)42)9-6-26-22(37)20-15(33)14(32)18(36)25(44-20)46-45-19-16(34)17(35)24(39)43-21(19)23(38)27-7-10-29(3,4)12-13(30)31/h14-21,24-25,32-36,39H,5-12H2,1-4H3,(H2-2,26,27,30,31,37,38,40,41,42)/p+2/t14?,15-,16?,17+,18+,19-,20?,21?,24+,25-/m0/s1. The Bertz CT molecular complexity index is 1170. The Hall–Kier alpha value is -2.16. The van der Waals surface area contributed by atoms with Crippen molar-refractivity contribution in [3.63, 3.8) is 0 Å². The maximum atomic E-state index is 12.9. The van der Waals surface area contributed by atoms with Crippen LogP contribution in [-0.4, -0.2) is 210 Å². The van der Waals surface area contributed by atoms with Crippen molar-refractivity contribution in [3.05, 3.63) is 0 Å². The second-order valence-corrected chi connectivity index (χ2v) is 14.4. The van der Waals surface area contributed by atoms with Crippen LogP contribution in [0.2, 0.25) is 0 Å². The summed E-state index contributed by atoms with van der Waals surface area (Å²) >= 11 is 0. The van der Waals surface area contributed by atoms with Gasteiger partial charge in [0, 0.05) is 6.42 Å². The summed E-state index contributed by atoms with van der Waals surface area (Å²) < 4.78 is 41.4. The summed E-state index contributed by atoms with van der Waals surface area (Å²) in [5.74, 6) is -3.40. The number of aliphatic hydroxyl groups is 6. The molecule has 0 aromatic carbocycles. The molecule has 21 nitrogen and oxygen atoms in total. The zero-order valence-electron chi connectivity index (χ0n) is 26.5. The third-order valence-corrected chi connectivity index (χ3v) is 8.48. The lowest BCUT2D eigenvalue weighted by Crippen LogP contribution is -2.64. The first-order chi connectivity index (χ1) is 21.5. The lowest BCUT2D eigenvalue weighted by atomic mass is 9.98. The number of amides is 2. The van der Waals surface area contributed by atoms with Crippen LogP contribution in [0.15, 0.2) is 0 Å². The molecule has 47 heavy (non-hydrogen) atoms. The van der Waals surface area contributed by atoms with Gasteiger partial charge in [0.25, 0.3) is 21.9 Å². The molecule has 2 saturated heterocycles. The zero-order valence-corrected chi connectivity index (χ0v) is 27.3. The van der Waals surface area contributed by atoms with Gasteiger partial charge in [0.05, 0.1) is 66.7 Å². The van der Waals surface area contributed by atoms with Crippen LogP contribution < -0.4 is 10.6 Å². The van der Waals surface area contributed by atoms with Crippen molar-refractivity contribution in [2.45, 2.75) is 67.8 Å². The van der Waals surface area contributed by atoms with E-state index in [1.807, 2.05) is 0 Å². The number of nitrogens with zero attached hydrogens (tertiary/aromatic N) is 2. The predicted octanol–water partition coefficient (Wildman–Crippen LogP) is -6.70. The van der Waals surface area contributed by atoms with Crippen molar-refractivity contribution in [1.29, 1.82) is 0 Å². The molecule has 0 aromatic heterocycles. The number of hydrogen-bond donors (Lipinski definition) is 10. The van der Waals surface area contributed by atoms with Gasteiger partial charge >= 0.3 is 5.97 Å². The third-order valence-electron chi connectivity index (χ3n) is 7.67. The first-order valence-electron chi connectivity index (χ1n) is 14.6. The molecule has 2 amide bonds. The first kappa shape index (κ1) is 41.0. The van der Waals surface area contributed by atoms with Crippen molar-refractivity contribution in [2.75, 3.05) is 73.2 Å². The zero-order chi connectivity index (χ0) is 35.9. The maximum absolute atomic E-state index is 12.9. The molecule has 10 atom stereocenters. The van der Waals surface area contributed by atoms with Crippen LogP contribution in [0.5, 0.6) is 0 Å². The second-order valence-electron chi connectivity index (χ2n) is 12.8. The van der Waals surface area contributed by atoms with Gasteiger partial charge in [0.1, 0.15) is 30.5 Å². The minimum Gasteiger partial charge on any atom is -0.477 e. The first-order valence-corrected chi connectivity index (χ1v) is 16.2. The fourth-order valence-electron chi connectivity index (χ4n) is 4.83. The predicted molar refractivity (Wildman–Crippen MR) is 154 cm³/mol. The van der Waals surface area contributed by atoms with Gasteiger partial charge in [-0.1, -0.05) is 0 Å². The van der Waals surface area contributed by atoms with Gasteiger partial charge in [-0.3, -0.25) is 14.1 Å². The second kappa shape index (κ2) is 17.0. The highest BCUT2D eigenvalue weighted by molar-refractivity contribution is 7.85. The highest BCUT2D eigenvalue weighted by atomic mass is 32.2. The summed E-state index contributed by atoms with van der Waals surface area (Å²) in [5.41, 5.74) is 0. The summed E-state index contributed by atoms with van der Waals surface area (Å²) in [4.78, 5) is 46.9. The van der Waals surface area contributed by atoms with Crippen LogP contribution in [0.1, 0.15) is 6.42 Å². The number of carboxylic acid groups (broad SMARTS) is 1. The van der Waals surface area contributed by atoms with E-state index in [9.17, 15) is 53.4 Å². The number of rotatable bonds is 17. The molecule has 274 valence electrons. The lowest BCUT2D eigenvalue weighted by Gasteiger charge is -2.41. The molecule has 2 heterocycles. The maximum Gasteiger partial charge on any atom is 0.359 e. The van der Waals surface area contributed by atoms with E-state index in [-0.39, 0.29) is 48.1 Å². The van der Waals surface area contributed by atoms with Crippen LogP contribution in [-0.2, 0) is 43.8 Å². The van der Waals surface area contributed by atoms with Gasteiger partial charge < -0.3 is 64.8 Å². The van der Waals surface area contributed by atoms with E-state index in [4.69, 9.17) is 28.9 Å². The Morgan fingerprint density at radius 3 is 1.83 bits per heavy atom. The summed E-state index contributed by atoms with van der Waals surface area (Å²) in [6, 6.07) is 0. The number of aliphatic hydroxyl groups excluding tert-OH is 6. The van der Waals surface area contributed by atoms with Gasteiger partial charge in [0.2, 0.25) is 6.29 Å². The molecule has 10 N–H and O–H groups in total. The van der Waals surface area contributed by atoms with Crippen molar-refractivity contribution >= 4 is 27.9 Å². The molecule has 4 unspecified atom stereocenters. The molecule has 2 rings (SSSR count). The fourth-order valence-corrected chi connectivity index (χ4v) is 5.32. The van der Waals surface area contributed by atoms with Gasteiger partial charge in [-0.25, -0.2) is 14.6 Å². The van der Waals surface area contributed by atoms with Crippen molar-refractivity contribution in [1.82, 2.24) is 10.6 Å². The molecule has 2 aliphatic rings. The van der Waals surface area contributed by atoms with Crippen molar-refractivity contribution in [3.8, 4) is 0 Å². The van der Waals surface area contributed by atoms with E-state index in [1.165, 1.54) is 0 Å². The summed E-state index contributed by atoms with van der Waals surface area (Å²) in [6.07, 6.45) is -19.4. The molecule has 0 spiro atoms. The Labute approximate surface area is 271 Å². The summed E-state index contributed by atoms with van der Waals surface area (Å²) in [7, 11) is 2.57. The van der Waals surface area contributed by atoms with E-state index in [0.717, 1.165) is 0 Å². The minimum absolute atomic E-state index is 0.0000568. The Balaban J connectivity index is 2.03. The average Bonchev–Trinajstić information content (AvgIpc) is 2.93. The van der Waals surface area contributed by atoms with E-state index in [1.54, 1.807) is 28.2 Å². The topological polar surface area (TPSA) is 308 Å². The van der Waals surface area contributed by atoms with Crippen molar-refractivity contribution < 1.29 is 91.3 Å². The van der Waals surface area contributed by atoms with E-state index in [0.29, 0.717) is 6.54 Å². The molecule has 0 aromatic rings. The number of carbonyl (C=O) groups is 3. The van der Waals surface area contributed by atoms with Crippen LogP contribution >= 0.6 is 0 Å². The Kier molecular flexibility index (Phi) is 14.8. The smallest absolute Gasteiger partial charge is 0.359 e. The molecule has 0 bridgehead atoms. The number of aliphatic carboxylic acids is 1. The molecule has 0 aliphatic carbocycles. The van der Waals surface area contributed by atoms with E-state index in [2.05, 4.69) is 10.6 Å². The van der Waals surface area contributed by atoms with Gasteiger partial charge in [-0.2, -0.15) is 8.42 Å². The molecular formula is C25H48N4O17S+2. The Morgan fingerprint density at radius 2 is 1.28 bits per heavy atom. The summed E-state index contributed by atoms with van der Waals surface area (Å²) in [5, 5.41) is 75.7. The minimum atomic E-state index is -4.13. The van der Waals surface area contributed by atoms with E-state index >= 15 is 0 Å². The fraction of sp³-hybridized carbons (Fsp3) is 0.880. The molecule has 2 aliphatic heterocycles. The van der Waals surface area contributed by atoms with Gasteiger partial charge in [-0.05, 0) is 0 Å². The number of ether oxygens (including phenoxy) is 2. The highest BCUT2D eigenvalue weighted by Gasteiger charge is 2.51. The SMILES string of the molecule is C[N+](C)(CCCS(=O)(=O)O)CCNC(=O)C1O[C@@H](OO[C@@H]2C(C(=O)NCC[N+](C)(C)CC(=O)O)O[C@@H](O)[C@H](O)C2O)[C@H](O)C(O)[C@@H]1O. The molecule has 22 heteroatoms. The van der Waals surface area contributed by atoms with Crippen LogP contribution in [0.3, 0.4) is 0 Å².